The van der Waals surface area contributed by atoms with E-state index in [9.17, 15) is 19.2 Å². The lowest BCUT2D eigenvalue weighted by molar-refractivity contribution is -0.136. The molecular formula is C23H24Cl2N8O4S. The zero-order valence-electron chi connectivity index (χ0n) is 20.1. The number of carbonyl (C=O) groups is 4. The van der Waals surface area contributed by atoms with E-state index >= 15 is 0 Å². The van der Waals surface area contributed by atoms with Gasteiger partial charge in [-0.3, -0.25) is 24.2 Å². The maximum Gasteiger partial charge on any atom is 0.314 e. The molecule has 0 fully saturated rings. The number of nitrogens with one attached hydrogen (secondary N) is 4. The lowest BCUT2D eigenvalue weighted by Crippen LogP contribution is -2.52. The highest BCUT2D eigenvalue weighted by atomic mass is 35.5. The van der Waals surface area contributed by atoms with E-state index in [0.717, 1.165) is 23.5 Å². The zero-order chi connectivity index (χ0) is 26.4. The fourth-order valence-electron chi connectivity index (χ4n) is 3.41. The van der Waals surface area contributed by atoms with Gasteiger partial charge in [0.25, 0.3) is 5.91 Å². The Morgan fingerprint density at radius 3 is 2.66 bits per heavy atom. The van der Waals surface area contributed by atoms with Crippen molar-refractivity contribution in [3.63, 3.8) is 0 Å². The fraction of sp³-hybridized carbons (Fsp3) is 0.261. The van der Waals surface area contributed by atoms with Crippen molar-refractivity contribution in [2.24, 2.45) is 0 Å². The highest BCUT2D eigenvalue weighted by Gasteiger charge is 2.27. The molecule has 3 aromatic rings. The van der Waals surface area contributed by atoms with Crippen LogP contribution in [0.15, 0.2) is 42.9 Å². The summed E-state index contributed by atoms with van der Waals surface area (Å²) in [4.78, 5) is 66.0. The van der Waals surface area contributed by atoms with Gasteiger partial charge in [-0.05, 0) is 31.3 Å². The number of fused-ring (bicyclic) bond motifs is 1. The van der Waals surface area contributed by atoms with Crippen molar-refractivity contribution in [3.05, 3.63) is 63.5 Å². The fourth-order valence-corrected chi connectivity index (χ4v) is 4.62. The van der Waals surface area contributed by atoms with Crippen LogP contribution in [-0.4, -0.2) is 69.7 Å². The summed E-state index contributed by atoms with van der Waals surface area (Å²) in [5.74, 6) is -3.05. The lowest BCUT2D eigenvalue weighted by Gasteiger charge is -2.20. The average molecular weight is 579 g/mol. The van der Waals surface area contributed by atoms with Crippen molar-refractivity contribution in [1.29, 1.82) is 0 Å². The standard InChI is InChI=1S/C23H23ClN8O4S.ClH/c1-32-8-6-15-17(12-32)37-23(30-15)22(36)29-16(19(33)28-14-3-2-7-25-10-14)11-27-20(34)21(35)31-18-5-4-13(24)9-26-18;/h2-5,7,9-10,16H,6,8,11-12H2,1H3,(H,27,34)(H,28,33)(H,29,36)(H,26,31,35);1H. The van der Waals surface area contributed by atoms with Gasteiger partial charge in [0.1, 0.15) is 11.9 Å². The SMILES string of the molecule is CN1CCc2nc(C(=O)NC(CNC(=O)C(=O)Nc3ccc(Cl)cn3)C(=O)Nc3cccnc3)sc2C1.Cl. The minimum absolute atomic E-state index is 0. The number of pyridine rings is 2. The van der Waals surface area contributed by atoms with Crippen LogP contribution in [0.4, 0.5) is 11.5 Å². The van der Waals surface area contributed by atoms with Gasteiger partial charge < -0.3 is 26.2 Å². The molecule has 0 aromatic carbocycles. The third-order valence-electron chi connectivity index (χ3n) is 5.31. The van der Waals surface area contributed by atoms with E-state index in [-0.39, 0.29) is 29.8 Å². The predicted molar refractivity (Wildman–Crippen MR) is 144 cm³/mol. The van der Waals surface area contributed by atoms with Crippen molar-refractivity contribution in [1.82, 2.24) is 30.5 Å². The van der Waals surface area contributed by atoms with Crippen molar-refractivity contribution >= 4 is 70.5 Å². The molecule has 4 rings (SSSR count). The Kier molecular flexibility index (Phi) is 10.1. The number of hydrogen-bond acceptors (Lipinski definition) is 9. The monoisotopic (exact) mass is 578 g/mol. The van der Waals surface area contributed by atoms with Crippen LogP contribution in [-0.2, 0) is 27.3 Å². The van der Waals surface area contributed by atoms with Gasteiger partial charge in [-0.25, -0.2) is 9.97 Å². The molecule has 0 saturated heterocycles. The van der Waals surface area contributed by atoms with E-state index in [1.807, 2.05) is 7.05 Å². The zero-order valence-corrected chi connectivity index (χ0v) is 22.5. The molecule has 3 aromatic heterocycles. The quantitative estimate of drug-likeness (QED) is 0.307. The summed E-state index contributed by atoms with van der Waals surface area (Å²) in [6, 6.07) is 4.99. The van der Waals surface area contributed by atoms with E-state index in [2.05, 4.69) is 41.1 Å². The van der Waals surface area contributed by atoms with Crippen LogP contribution in [0.2, 0.25) is 5.02 Å². The molecule has 15 heteroatoms. The molecule has 0 aliphatic carbocycles. The normalized spacial score (nSPS) is 13.3. The number of nitrogens with zero attached hydrogens (tertiary/aromatic N) is 4. The Hall–Kier alpha value is -3.65. The summed E-state index contributed by atoms with van der Waals surface area (Å²) in [6.07, 6.45) is 5.03. The largest absolute Gasteiger partial charge is 0.345 e. The summed E-state index contributed by atoms with van der Waals surface area (Å²) in [7, 11) is 1.99. The number of amides is 4. The first-order chi connectivity index (χ1) is 17.8. The number of halogens is 2. The Morgan fingerprint density at radius 1 is 1.13 bits per heavy atom. The molecule has 38 heavy (non-hydrogen) atoms. The van der Waals surface area contributed by atoms with Crippen LogP contribution in [0.25, 0.3) is 0 Å². The molecule has 1 unspecified atom stereocenters. The number of thiazole rings is 1. The maximum absolute atomic E-state index is 13.0. The van der Waals surface area contributed by atoms with Crippen molar-refractivity contribution < 1.29 is 19.2 Å². The third kappa shape index (κ3) is 7.68. The average Bonchev–Trinajstić information content (AvgIpc) is 3.31. The van der Waals surface area contributed by atoms with E-state index in [0.29, 0.717) is 17.3 Å². The topological polar surface area (TPSA) is 158 Å². The summed E-state index contributed by atoms with van der Waals surface area (Å²) in [6.45, 7) is 1.18. The summed E-state index contributed by atoms with van der Waals surface area (Å²) in [5.41, 5.74) is 1.27. The molecule has 1 aliphatic heterocycles. The van der Waals surface area contributed by atoms with E-state index in [1.54, 1.807) is 18.3 Å². The highest BCUT2D eigenvalue weighted by molar-refractivity contribution is 7.13. The number of rotatable bonds is 7. The number of carbonyl (C=O) groups excluding carboxylic acids is 4. The molecule has 12 nitrogen and oxygen atoms in total. The molecule has 0 spiro atoms. The molecule has 1 aliphatic rings. The van der Waals surface area contributed by atoms with Crippen LogP contribution in [0.5, 0.6) is 0 Å². The second kappa shape index (κ2) is 13.2. The summed E-state index contributed by atoms with van der Waals surface area (Å²) >= 11 is 7.03. The third-order valence-corrected chi connectivity index (χ3v) is 6.61. The van der Waals surface area contributed by atoms with Gasteiger partial charge in [0, 0.05) is 43.3 Å². The van der Waals surface area contributed by atoms with E-state index in [1.165, 1.54) is 35.9 Å². The molecule has 4 amide bonds. The van der Waals surface area contributed by atoms with Gasteiger partial charge in [0.2, 0.25) is 5.91 Å². The molecule has 4 heterocycles. The van der Waals surface area contributed by atoms with E-state index < -0.39 is 29.7 Å². The number of likely N-dealkylation sites (N-methyl/N-ethyl adjacent to an activating group) is 1. The first-order valence-corrected chi connectivity index (χ1v) is 12.4. The summed E-state index contributed by atoms with van der Waals surface area (Å²) in [5, 5.41) is 10.5. The van der Waals surface area contributed by atoms with Crippen LogP contribution in [0, 0.1) is 0 Å². The Morgan fingerprint density at radius 2 is 1.95 bits per heavy atom. The first kappa shape index (κ1) is 28.9. The molecular weight excluding hydrogens is 555 g/mol. The molecule has 0 saturated carbocycles. The highest BCUT2D eigenvalue weighted by Crippen LogP contribution is 2.24. The number of hydrogen-bond donors (Lipinski definition) is 4. The van der Waals surface area contributed by atoms with Crippen LogP contribution in [0.1, 0.15) is 20.4 Å². The minimum atomic E-state index is -1.21. The first-order valence-electron chi connectivity index (χ1n) is 11.2. The molecule has 200 valence electrons. The number of anilines is 2. The van der Waals surface area contributed by atoms with Gasteiger partial charge in [0.05, 0.1) is 22.6 Å². The van der Waals surface area contributed by atoms with Crippen LogP contribution in [0.3, 0.4) is 0 Å². The van der Waals surface area contributed by atoms with Crippen molar-refractivity contribution in [3.8, 4) is 0 Å². The Labute approximate surface area is 233 Å². The lowest BCUT2D eigenvalue weighted by atomic mass is 10.2. The molecule has 0 bridgehead atoms. The molecule has 4 N–H and O–H groups in total. The second-order valence-electron chi connectivity index (χ2n) is 8.16. The minimum Gasteiger partial charge on any atom is -0.345 e. The second-order valence-corrected chi connectivity index (χ2v) is 9.68. The Balaban J connectivity index is 0.00000400. The van der Waals surface area contributed by atoms with Crippen LogP contribution >= 0.6 is 35.3 Å². The van der Waals surface area contributed by atoms with E-state index in [4.69, 9.17) is 11.6 Å². The molecule has 1 atom stereocenters. The van der Waals surface area contributed by atoms with Gasteiger partial charge in [-0.15, -0.1) is 23.7 Å². The van der Waals surface area contributed by atoms with Gasteiger partial charge in [-0.1, -0.05) is 11.6 Å². The smallest absolute Gasteiger partial charge is 0.314 e. The maximum atomic E-state index is 13.0. The van der Waals surface area contributed by atoms with Crippen LogP contribution < -0.4 is 21.3 Å². The van der Waals surface area contributed by atoms with Crippen molar-refractivity contribution in [2.45, 2.75) is 19.0 Å². The molecule has 0 radical (unpaired) electrons. The van der Waals surface area contributed by atoms with Gasteiger partial charge in [0.15, 0.2) is 5.01 Å². The van der Waals surface area contributed by atoms with Gasteiger partial charge in [-0.2, -0.15) is 0 Å². The predicted octanol–water partition coefficient (Wildman–Crippen LogP) is 1.49. The Bertz CT molecular complexity index is 1310. The van der Waals surface area contributed by atoms with Crippen molar-refractivity contribution in [2.75, 3.05) is 30.8 Å². The number of aromatic nitrogens is 3. The summed E-state index contributed by atoms with van der Waals surface area (Å²) < 4.78 is 0. The van der Waals surface area contributed by atoms with Gasteiger partial charge >= 0.3 is 11.8 Å².